The summed E-state index contributed by atoms with van der Waals surface area (Å²) < 4.78 is 0. The second-order valence-corrected chi connectivity index (χ2v) is 4.98. The Morgan fingerprint density at radius 2 is 2.14 bits per heavy atom. The third-order valence-electron chi connectivity index (χ3n) is 3.50. The lowest BCUT2D eigenvalue weighted by atomic mass is 10.0. The van der Waals surface area contributed by atoms with E-state index in [2.05, 4.69) is 16.4 Å². The van der Waals surface area contributed by atoms with Gasteiger partial charge >= 0.3 is 0 Å². The molecule has 1 aromatic heterocycles. The van der Waals surface area contributed by atoms with Gasteiger partial charge in [-0.25, -0.2) is 0 Å². The molecule has 0 bridgehead atoms. The third-order valence-corrected chi connectivity index (χ3v) is 3.50. The van der Waals surface area contributed by atoms with Gasteiger partial charge in [0.25, 0.3) is 0 Å². The number of hydrogen-bond donors (Lipinski definition) is 1. The molecule has 1 N–H and O–H groups in total. The highest BCUT2D eigenvalue weighted by atomic mass is 16.1. The molecule has 106 valence electrons. The van der Waals surface area contributed by atoms with Crippen LogP contribution in [0.3, 0.4) is 0 Å². The number of aromatic nitrogens is 1. The van der Waals surface area contributed by atoms with Crippen molar-refractivity contribution in [3.05, 3.63) is 59.4 Å². The molecule has 1 amide bonds. The van der Waals surface area contributed by atoms with E-state index < -0.39 is 5.92 Å². The van der Waals surface area contributed by atoms with Gasteiger partial charge in [-0.2, -0.15) is 5.26 Å². The minimum atomic E-state index is -0.728. The van der Waals surface area contributed by atoms with Crippen molar-refractivity contribution in [2.45, 2.75) is 20.3 Å². The van der Waals surface area contributed by atoms with Crippen LogP contribution in [-0.4, -0.2) is 10.9 Å². The summed E-state index contributed by atoms with van der Waals surface area (Å²) in [6.45, 7) is 3.94. The fourth-order valence-electron chi connectivity index (χ4n) is 2.06. The number of carbonyl (C=O) groups is 1. The first-order valence-corrected chi connectivity index (χ1v) is 6.77. The van der Waals surface area contributed by atoms with Gasteiger partial charge in [0.05, 0.1) is 6.07 Å². The number of amides is 1. The summed E-state index contributed by atoms with van der Waals surface area (Å²) in [7, 11) is 0. The van der Waals surface area contributed by atoms with Gasteiger partial charge < -0.3 is 5.32 Å². The van der Waals surface area contributed by atoms with Crippen molar-refractivity contribution in [1.82, 2.24) is 4.98 Å². The Kier molecular flexibility index (Phi) is 4.68. The van der Waals surface area contributed by atoms with E-state index in [0.717, 1.165) is 22.4 Å². The molecule has 0 aliphatic carbocycles. The third kappa shape index (κ3) is 3.67. The van der Waals surface area contributed by atoms with Crippen LogP contribution in [0.15, 0.2) is 42.7 Å². The van der Waals surface area contributed by atoms with E-state index in [1.54, 1.807) is 18.5 Å². The first-order chi connectivity index (χ1) is 10.1. The standard InChI is InChI=1S/C17H17N3O/c1-12-5-3-7-16(13(12)2)20-17(21)15(10-18)9-14-6-4-8-19-11-14/h3-8,11,15H,9H2,1-2H3,(H,20,21). The Hall–Kier alpha value is -2.67. The molecule has 0 saturated carbocycles. The Morgan fingerprint density at radius 3 is 2.81 bits per heavy atom. The molecule has 4 nitrogen and oxygen atoms in total. The van der Waals surface area contributed by atoms with E-state index in [9.17, 15) is 10.1 Å². The molecule has 2 rings (SSSR count). The zero-order valence-electron chi connectivity index (χ0n) is 12.1. The van der Waals surface area contributed by atoms with Gasteiger partial charge in [0.2, 0.25) is 5.91 Å². The van der Waals surface area contributed by atoms with Crippen LogP contribution in [0.25, 0.3) is 0 Å². The van der Waals surface area contributed by atoms with Gasteiger partial charge in [0, 0.05) is 18.1 Å². The summed E-state index contributed by atoms with van der Waals surface area (Å²) in [4.78, 5) is 16.3. The molecule has 0 saturated heterocycles. The maximum absolute atomic E-state index is 12.3. The van der Waals surface area contributed by atoms with Crippen LogP contribution in [-0.2, 0) is 11.2 Å². The zero-order valence-corrected chi connectivity index (χ0v) is 12.1. The summed E-state index contributed by atoms with van der Waals surface area (Å²) in [6, 6.07) is 11.5. The second kappa shape index (κ2) is 6.67. The number of anilines is 1. The van der Waals surface area contributed by atoms with E-state index in [0.29, 0.717) is 6.42 Å². The number of carbonyl (C=O) groups excluding carboxylic acids is 1. The highest BCUT2D eigenvalue weighted by Gasteiger charge is 2.19. The smallest absolute Gasteiger partial charge is 0.242 e. The van der Waals surface area contributed by atoms with Gasteiger partial charge in [0.15, 0.2) is 0 Å². The van der Waals surface area contributed by atoms with E-state index >= 15 is 0 Å². The molecule has 0 spiro atoms. The molecule has 21 heavy (non-hydrogen) atoms. The van der Waals surface area contributed by atoms with Crippen LogP contribution < -0.4 is 5.32 Å². The number of nitrogens with zero attached hydrogens (tertiary/aromatic N) is 2. The van der Waals surface area contributed by atoms with E-state index in [-0.39, 0.29) is 5.91 Å². The van der Waals surface area contributed by atoms with E-state index in [1.165, 1.54) is 0 Å². The van der Waals surface area contributed by atoms with Crippen LogP contribution in [0.4, 0.5) is 5.69 Å². The molecule has 0 radical (unpaired) electrons. The number of nitrogens with one attached hydrogen (secondary N) is 1. The van der Waals surface area contributed by atoms with Crippen LogP contribution in [0.2, 0.25) is 0 Å². The Bertz CT molecular complexity index is 674. The quantitative estimate of drug-likeness (QED) is 0.935. The van der Waals surface area contributed by atoms with Crippen molar-refractivity contribution < 1.29 is 4.79 Å². The molecule has 2 aromatic rings. The maximum atomic E-state index is 12.3. The lowest BCUT2D eigenvalue weighted by molar-refractivity contribution is -0.118. The van der Waals surface area contributed by atoms with Crippen LogP contribution in [0.5, 0.6) is 0 Å². The minimum absolute atomic E-state index is 0.282. The molecule has 4 heteroatoms. The minimum Gasteiger partial charge on any atom is -0.325 e. The second-order valence-electron chi connectivity index (χ2n) is 4.98. The topological polar surface area (TPSA) is 65.8 Å². The molecule has 0 fully saturated rings. The van der Waals surface area contributed by atoms with Crippen molar-refractivity contribution >= 4 is 11.6 Å². The van der Waals surface area contributed by atoms with Crippen molar-refractivity contribution in [3.63, 3.8) is 0 Å². The summed E-state index contributed by atoms with van der Waals surface area (Å²) >= 11 is 0. The molecule has 1 atom stereocenters. The zero-order chi connectivity index (χ0) is 15.2. The number of hydrogen-bond acceptors (Lipinski definition) is 3. The summed E-state index contributed by atoms with van der Waals surface area (Å²) in [5.74, 6) is -1.01. The lowest BCUT2D eigenvalue weighted by Gasteiger charge is -2.13. The Morgan fingerprint density at radius 1 is 1.33 bits per heavy atom. The monoisotopic (exact) mass is 279 g/mol. The largest absolute Gasteiger partial charge is 0.325 e. The van der Waals surface area contributed by atoms with Crippen molar-refractivity contribution in [1.29, 1.82) is 5.26 Å². The normalized spacial score (nSPS) is 11.5. The fourth-order valence-corrected chi connectivity index (χ4v) is 2.06. The predicted octanol–water partition coefficient (Wildman–Crippen LogP) is 3.02. The highest BCUT2D eigenvalue weighted by molar-refractivity contribution is 5.95. The van der Waals surface area contributed by atoms with E-state index in [1.807, 2.05) is 38.1 Å². The SMILES string of the molecule is Cc1cccc(NC(=O)C(C#N)Cc2cccnc2)c1C. The summed E-state index contributed by atoms with van der Waals surface area (Å²) in [5.41, 5.74) is 3.75. The van der Waals surface area contributed by atoms with Crippen molar-refractivity contribution in [2.24, 2.45) is 5.92 Å². The molecule has 0 aliphatic rings. The first kappa shape index (κ1) is 14.7. The first-order valence-electron chi connectivity index (χ1n) is 6.77. The number of nitriles is 1. The van der Waals surface area contributed by atoms with Gasteiger partial charge in [-0.05, 0) is 49.1 Å². The molecule has 1 unspecified atom stereocenters. The van der Waals surface area contributed by atoms with Crippen molar-refractivity contribution in [2.75, 3.05) is 5.32 Å². The fraction of sp³-hybridized carbons (Fsp3) is 0.235. The average molecular weight is 279 g/mol. The van der Waals surface area contributed by atoms with Crippen LogP contribution in [0, 0.1) is 31.1 Å². The Labute approximate surface area is 124 Å². The van der Waals surface area contributed by atoms with Crippen LogP contribution in [0.1, 0.15) is 16.7 Å². The number of pyridine rings is 1. The lowest BCUT2D eigenvalue weighted by Crippen LogP contribution is -2.24. The molecule has 1 aromatic carbocycles. The number of aryl methyl sites for hydroxylation is 1. The summed E-state index contributed by atoms with van der Waals surface area (Å²) in [5, 5.41) is 12.1. The van der Waals surface area contributed by atoms with Gasteiger partial charge in [-0.1, -0.05) is 18.2 Å². The molecular formula is C17H17N3O. The number of benzene rings is 1. The predicted molar refractivity (Wildman–Crippen MR) is 81.6 cm³/mol. The summed E-state index contributed by atoms with van der Waals surface area (Å²) in [6.07, 6.45) is 3.71. The molecule has 0 aliphatic heterocycles. The Balaban J connectivity index is 2.11. The highest BCUT2D eigenvalue weighted by Crippen LogP contribution is 2.19. The van der Waals surface area contributed by atoms with Crippen LogP contribution >= 0.6 is 0 Å². The number of rotatable bonds is 4. The van der Waals surface area contributed by atoms with Gasteiger partial charge in [0.1, 0.15) is 5.92 Å². The van der Waals surface area contributed by atoms with Gasteiger partial charge in [-0.3, -0.25) is 9.78 Å². The van der Waals surface area contributed by atoms with E-state index in [4.69, 9.17) is 0 Å². The van der Waals surface area contributed by atoms with Crippen molar-refractivity contribution in [3.8, 4) is 6.07 Å². The maximum Gasteiger partial charge on any atom is 0.242 e. The van der Waals surface area contributed by atoms with Gasteiger partial charge in [-0.15, -0.1) is 0 Å². The molecule has 1 heterocycles. The average Bonchev–Trinajstić information content (AvgIpc) is 2.50. The molecular weight excluding hydrogens is 262 g/mol.